The number of methoxy groups -OCH3 is 1. The number of halogens is 2. The van der Waals surface area contributed by atoms with Gasteiger partial charge in [0.2, 0.25) is 11.8 Å². The number of aromatic nitrogens is 1. The number of nitrogens with one attached hydrogen (secondary N) is 3. The number of carboxylic acid groups (broad SMARTS) is 1. The predicted molar refractivity (Wildman–Crippen MR) is 192 cm³/mol. The Hall–Kier alpha value is -4.94. The van der Waals surface area contributed by atoms with Crippen LogP contribution in [-0.4, -0.2) is 56.1 Å². The Bertz CT molecular complexity index is 1830. The van der Waals surface area contributed by atoms with E-state index in [-0.39, 0.29) is 24.5 Å². The summed E-state index contributed by atoms with van der Waals surface area (Å²) < 4.78 is 32.3. The Balaban J connectivity index is 0.000000755. The van der Waals surface area contributed by atoms with E-state index in [0.29, 0.717) is 64.5 Å². The van der Waals surface area contributed by atoms with Gasteiger partial charge in [0.1, 0.15) is 11.2 Å². The van der Waals surface area contributed by atoms with Gasteiger partial charge in [-0.1, -0.05) is 17.7 Å². The summed E-state index contributed by atoms with van der Waals surface area (Å²) >= 11 is 5.98. The van der Waals surface area contributed by atoms with Crippen LogP contribution in [0.5, 0.6) is 23.0 Å². The van der Waals surface area contributed by atoms with Gasteiger partial charge in [-0.2, -0.15) is 0 Å². The minimum Gasteiger partial charge on any atom is -0.550 e. The number of fused-ring (bicyclic) bond motifs is 1. The Morgan fingerprint density at radius 2 is 1.57 bits per heavy atom. The molecule has 0 spiro atoms. The monoisotopic (exact) mass is 722 g/mol. The number of ether oxygens (including phenoxy) is 3. The lowest BCUT2D eigenvalue weighted by molar-refractivity contribution is -0.894. The van der Waals surface area contributed by atoms with Crippen LogP contribution in [0.3, 0.4) is 0 Å². The molecule has 51 heavy (non-hydrogen) atoms. The first-order valence-electron chi connectivity index (χ1n) is 17.0. The highest BCUT2D eigenvalue weighted by molar-refractivity contribution is 6.31. The molecule has 3 N–H and O–H groups in total. The zero-order valence-electron chi connectivity index (χ0n) is 29.3. The van der Waals surface area contributed by atoms with E-state index < -0.39 is 29.0 Å². The van der Waals surface area contributed by atoms with Crippen molar-refractivity contribution in [2.45, 2.75) is 52.9 Å². The molecule has 13 heteroatoms. The van der Waals surface area contributed by atoms with Crippen LogP contribution in [0.15, 0.2) is 66.9 Å². The molecule has 1 fully saturated rings. The molecule has 1 aromatic heterocycles. The second kappa shape index (κ2) is 18.3. The summed E-state index contributed by atoms with van der Waals surface area (Å²) in [7, 11) is 1.47. The molecule has 1 aliphatic rings. The average molecular weight is 723 g/mol. The standard InChI is InChI=1S/C32H29ClFN3O7.C6H15N/c1-42-27-17-22-24(18-28(27)43-14-3-2-7-29(38)39)35-13-10-25(22)44-26-9-8-21(16-23(26)34)37-31(41)32(11-12-32)30(40)36-20-6-4-5-19(33)15-20;1-4-7(5-2)6-3/h4-6,8-10,13,15-18H,2-3,7,11-12,14H2,1H3,(H,36,40)(H,37,41)(H,38,39);4-6H2,1-3H3. The normalized spacial score (nSPS) is 12.8. The van der Waals surface area contributed by atoms with Gasteiger partial charge in [-0.3, -0.25) is 14.6 Å². The van der Waals surface area contributed by atoms with E-state index in [1.807, 2.05) is 0 Å². The Morgan fingerprint density at radius 3 is 2.14 bits per heavy atom. The fourth-order valence-corrected chi connectivity index (χ4v) is 5.51. The highest BCUT2D eigenvalue weighted by Crippen LogP contribution is 2.48. The number of amides is 2. The molecule has 1 saturated carbocycles. The molecule has 5 rings (SSSR count). The van der Waals surface area contributed by atoms with Crippen molar-refractivity contribution in [2.24, 2.45) is 5.41 Å². The number of quaternary nitrogens is 1. The van der Waals surface area contributed by atoms with E-state index in [2.05, 4.69) is 36.4 Å². The first-order chi connectivity index (χ1) is 24.5. The third kappa shape index (κ3) is 10.5. The van der Waals surface area contributed by atoms with Crippen molar-refractivity contribution >= 4 is 51.7 Å². The highest BCUT2D eigenvalue weighted by Gasteiger charge is 2.56. The number of carboxylic acids is 1. The molecular weight excluding hydrogens is 679 g/mol. The maximum atomic E-state index is 15.2. The molecule has 3 aromatic carbocycles. The van der Waals surface area contributed by atoms with Gasteiger partial charge in [0, 0.05) is 46.1 Å². The van der Waals surface area contributed by atoms with Crippen LogP contribution < -0.4 is 34.9 Å². The molecule has 1 aliphatic carbocycles. The quantitative estimate of drug-likeness (QED) is 0.103. The lowest BCUT2D eigenvalue weighted by Crippen LogP contribution is -3.11. The molecule has 11 nitrogen and oxygen atoms in total. The molecule has 0 radical (unpaired) electrons. The van der Waals surface area contributed by atoms with Gasteiger partial charge < -0.3 is 39.6 Å². The maximum Gasteiger partial charge on any atom is 0.240 e. The fourth-order valence-electron chi connectivity index (χ4n) is 5.32. The van der Waals surface area contributed by atoms with Gasteiger partial charge in [0.15, 0.2) is 23.1 Å². The molecule has 0 bridgehead atoms. The minimum atomic E-state index is -1.25. The van der Waals surface area contributed by atoms with Gasteiger partial charge in [0.05, 0.1) is 38.9 Å². The number of aliphatic carboxylic acids is 1. The summed E-state index contributed by atoms with van der Waals surface area (Å²) in [5.74, 6) is -1.81. The lowest BCUT2D eigenvalue weighted by Gasteiger charge is -2.16. The van der Waals surface area contributed by atoms with Gasteiger partial charge in [-0.15, -0.1) is 0 Å². The van der Waals surface area contributed by atoms with Crippen molar-refractivity contribution in [3.8, 4) is 23.0 Å². The third-order valence-corrected chi connectivity index (χ3v) is 8.87. The molecule has 2 amide bonds. The smallest absolute Gasteiger partial charge is 0.240 e. The zero-order chi connectivity index (χ0) is 37.0. The van der Waals surface area contributed by atoms with E-state index in [1.165, 1.54) is 45.1 Å². The number of pyridine rings is 1. The molecule has 1 heterocycles. The second-order valence-corrected chi connectivity index (χ2v) is 12.5. The molecule has 272 valence electrons. The fraction of sp³-hybridized carbons (Fsp3) is 0.368. The number of carbonyl (C=O) groups excluding carboxylic acids is 3. The van der Waals surface area contributed by atoms with Crippen LogP contribution in [0, 0.1) is 11.2 Å². The van der Waals surface area contributed by atoms with Crippen molar-refractivity contribution in [3.63, 3.8) is 0 Å². The zero-order valence-corrected chi connectivity index (χ0v) is 30.0. The summed E-state index contributed by atoms with van der Waals surface area (Å²) in [6.07, 6.45) is 3.11. The predicted octanol–water partition coefficient (Wildman–Crippen LogP) is 5.42. The van der Waals surface area contributed by atoms with Gasteiger partial charge in [0.25, 0.3) is 0 Å². The van der Waals surface area contributed by atoms with E-state index in [1.54, 1.807) is 47.4 Å². The maximum absolute atomic E-state index is 15.2. The summed E-state index contributed by atoms with van der Waals surface area (Å²) in [5.41, 5.74) is -0.0980. The van der Waals surface area contributed by atoms with Gasteiger partial charge in [-0.05, 0) is 95.3 Å². The number of hydrogen-bond donors (Lipinski definition) is 3. The van der Waals surface area contributed by atoms with Crippen LogP contribution in [0.4, 0.5) is 15.8 Å². The number of hydrogen-bond acceptors (Lipinski definition) is 8. The Labute approximate surface area is 302 Å². The SMILES string of the molecule is CC[NH+](CC)CC.COc1cc2c(Oc3ccc(NC(=O)C4(C(=O)Nc5cccc(Cl)c5)CC4)cc3F)ccnc2cc1OCCCCC(=O)[O-]. The molecule has 4 aromatic rings. The van der Waals surface area contributed by atoms with Gasteiger partial charge >= 0.3 is 0 Å². The summed E-state index contributed by atoms with van der Waals surface area (Å²) in [4.78, 5) is 42.5. The Kier molecular flexibility index (Phi) is 14.0. The number of carbonyl (C=O) groups is 3. The number of unbranched alkanes of at least 4 members (excludes halogenated alkanes) is 1. The molecular formula is C38H44ClFN4O7. The van der Waals surface area contributed by atoms with Crippen molar-refractivity contribution in [1.82, 2.24) is 4.98 Å². The van der Waals surface area contributed by atoms with E-state index in [0.717, 1.165) is 6.07 Å². The summed E-state index contributed by atoms with van der Waals surface area (Å²) in [6.45, 7) is 10.8. The van der Waals surface area contributed by atoms with E-state index in [9.17, 15) is 19.5 Å². The van der Waals surface area contributed by atoms with E-state index in [4.69, 9.17) is 25.8 Å². The third-order valence-electron chi connectivity index (χ3n) is 8.63. The first-order valence-corrected chi connectivity index (χ1v) is 17.4. The van der Waals surface area contributed by atoms with Crippen LogP contribution in [0.1, 0.15) is 52.9 Å². The number of nitrogens with zero attached hydrogens (tertiary/aromatic N) is 1. The lowest BCUT2D eigenvalue weighted by atomic mass is 10.0. The summed E-state index contributed by atoms with van der Waals surface area (Å²) in [5, 5.41) is 16.9. The average Bonchev–Trinajstić information content (AvgIpc) is 3.93. The number of rotatable bonds is 16. The minimum absolute atomic E-state index is 0.0485. The second-order valence-electron chi connectivity index (χ2n) is 12.1. The van der Waals surface area contributed by atoms with Crippen molar-refractivity contribution in [2.75, 3.05) is 44.0 Å². The van der Waals surface area contributed by atoms with Gasteiger partial charge in [-0.25, -0.2) is 4.39 Å². The molecule has 0 saturated heterocycles. The first kappa shape index (κ1) is 38.9. The van der Waals surface area contributed by atoms with Crippen LogP contribution in [0.25, 0.3) is 10.9 Å². The van der Waals surface area contributed by atoms with E-state index >= 15 is 4.39 Å². The molecule has 0 unspecified atom stereocenters. The van der Waals surface area contributed by atoms with Crippen molar-refractivity contribution in [1.29, 1.82) is 0 Å². The number of benzene rings is 3. The van der Waals surface area contributed by atoms with Crippen LogP contribution in [0.2, 0.25) is 5.02 Å². The van der Waals surface area contributed by atoms with Crippen LogP contribution >= 0.6 is 11.6 Å². The largest absolute Gasteiger partial charge is 0.550 e. The van der Waals surface area contributed by atoms with Crippen molar-refractivity contribution < 1.29 is 43.0 Å². The number of anilines is 2. The van der Waals surface area contributed by atoms with Crippen LogP contribution in [-0.2, 0) is 14.4 Å². The topological polar surface area (TPSA) is 143 Å². The molecule has 0 atom stereocenters. The van der Waals surface area contributed by atoms with Crippen molar-refractivity contribution in [3.05, 3.63) is 77.7 Å². The summed E-state index contributed by atoms with van der Waals surface area (Å²) in [6, 6.07) is 15.5. The Morgan fingerprint density at radius 1 is 0.882 bits per heavy atom. The highest BCUT2D eigenvalue weighted by atomic mass is 35.5. The molecule has 0 aliphatic heterocycles.